The lowest BCUT2D eigenvalue weighted by atomic mass is 10.2. The van der Waals surface area contributed by atoms with Crippen molar-refractivity contribution >= 4 is 37.6 Å². The highest BCUT2D eigenvalue weighted by Gasteiger charge is 2.25. The molecule has 0 radical (unpaired) electrons. The molecule has 0 saturated carbocycles. The van der Waals surface area contributed by atoms with E-state index >= 15 is 0 Å². The van der Waals surface area contributed by atoms with Crippen molar-refractivity contribution in [3.05, 3.63) is 34.3 Å². The van der Waals surface area contributed by atoms with Crippen molar-refractivity contribution < 1.29 is 23.1 Å². The Balaban J connectivity index is 2.82. The minimum absolute atomic E-state index is 0.267. The minimum atomic E-state index is -3.67. The predicted molar refractivity (Wildman–Crippen MR) is 86.1 cm³/mol. The molecule has 0 spiro atoms. The van der Waals surface area contributed by atoms with Gasteiger partial charge in [0.25, 0.3) is 0 Å². The fraction of sp³-hybridized carbons (Fsp3) is 0.429. The summed E-state index contributed by atoms with van der Waals surface area (Å²) in [6, 6.07) is 6.42. The summed E-state index contributed by atoms with van der Waals surface area (Å²) < 4.78 is 25.0. The number of aliphatic carboxylic acids is 1. The molecular weight excluding hydrogens is 374 g/mol. The highest BCUT2D eigenvalue weighted by atomic mass is 79.9. The van der Waals surface area contributed by atoms with Gasteiger partial charge in [0.05, 0.1) is 5.75 Å². The number of nitrogens with zero attached hydrogens (tertiary/aromatic N) is 1. The standard InChI is InChI=1S/C14H18BrNO5S/c1-10(2)16(7-14(18)19)13(17)9-22(20,21)8-11-4-3-5-12(15)6-11/h3-6,10H,7-9H2,1-2H3,(H,18,19). The zero-order chi connectivity index (χ0) is 16.9. The van der Waals surface area contributed by atoms with Crippen molar-refractivity contribution in [2.45, 2.75) is 25.6 Å². The molecule has 0 bridgehead atoms. The van der Waals surface area contributed by atoms with Gasteiger partial charge in [-0.1, -0.05) is 28.1 Å². The van der Waals surface area contributed by atoms with Crippen molar-refractivity contribution in [2.75, 3.05) is 12.3 Å². The van der Waals surface area contributed by atoms with E-state index in [1.165, 1.54) is 0 Å². The highest BCUT2D eigenvalue weighted by Crippen LogP contribution is 2.15. The fourth-order valence-corrected chi connectivity index (χ4v) is 3.69. The number of sulfone groups is 1. The second-order valence-electron chi connectivity index (χ2n) is 5.17. The van der Waals surface area contributed by atoms with Crippen LogP contribution in [0.2, 0.25) is 0 Å². The Morgan fingerprint density at radius 3 is 2.45 bits per heavy atom. The lowest BCUT2D eigenvalue weighted by Crippen LogP contribution is -2.43. The molecule has 0 aliphatic rings. The van der Waals surface area contributed by atoms with Gasteiger partial charge in [-0.2, -0.15) is 0 Å². The Bertz CT molecular complexity index is 657. The smallest absolute Gasteiger partial charge is 0.323 e. The molecule has 0 aromatic heterocycles. The fourth-order valence-electron chi connectivity index (χ4n) is 1.91. The van der Waals surface area contributed by atoms with Gasteiger partial charge in [0.2, 0.25) is 5.91 Å². The number of halogens is 1. The third kappa shape index (κ3) is 6.15. The Morgan fingerprint density at radius 1 is 1.32 bits per heavy atom. The van der Waals surface area contributed by atoms with Gasteiger partial charge in [-0.05, 0) is 31.5 Å². The second kappa shape index (κ2) is 7.73. The summed E-state index contributed by atoms with van der Waals surface area (Å²) in [6.07, 6.45) is 0. The summed E-state index contributed by atoms with van der Waals surface area (Å²) in [5.74, 6) is -2.85. The molecule has 1 amide bonds. The monoisotopic (exact) mass is 391 g/mol. The third-order valence-corrected chi connectivity index (χ3v) is 4.82. The summed E-state index contributed by atoms with van der Waals surface area (Å²) in [5.41, 5.74) is 0.566. The normalized spacial score (nSPS) is 11.5. The number of carboxylic acids is 1. The van der Waals surface area contributed by atoms with E-state index in [1.54, 1.807) is 38.1 Å². The van der Waals surface area contributed by atoms with Crippen molar-refractivity contribution in [1.82, 2.24) is 4.90 Å². The summed E-state index contributed by atoms with van der Waals surface area (Å²) >= 11 is 3.25. The van der Waals surface area contributed by atoms with Crippen LogP contribution in [0, 0.1) is 0 Å². The number of rotatable bonds is 7. The lowest BCUT2D eigenvalue weighted by molar-refractivity contribution is -0.144. The van der Waals surface area contributed by atoms with Gasteiger partial charge in [-0.3, -0.25) is 9.59 Å². The zero-order valence-electron chi connectivity index (χ0n) is 12.3. The number of benzene rings is 1. The number of carbonyl (C=O) groups excluding carboxylic acids is 1. The van der Waals surface area contributed by atoms with E-state index in [9.17, 15) is 18.0 Å². The quantitative estimate of drug-likeness (QED) is 0.763. The molecule has 0 unspecified atom stereocenters. The molecule has 8 heteroatoms. The third-order valence-electron chi connectivity index (χ3n) is 2.87. The van der Waals surface area contributed by atoms with Crippen molar-refractivity contribution in [1.29, 1.82) is 0 Å². The summed E-state index contributed by atoms with van der Waals surface area (Å²) in [4.78, 5) is 23.9. The first-order valence-corrected chi connectivity index (χ1v) is 9.18. The summed E-state index contributed by atoms with van der Waals surface area (Å²) in [6.45, 7) is 2.77. The zero-order valence-corrected chi connectivity index (χ0v) is 14.7. The number of hydrogen-bond donors (Lipinski definition) is 1. The maximum Gasteiger partial charge on any atom is 0.323 e. The average Bonchev–Trinajstić information content (AvgIpc) is 2.33. The van der Waals surface area contributed by atoms with E-state index in [0.29, 0.717) is 5.56 Å². The largest absolute Gasteiger partial charge is 0.480 e. The predicted octanol–water partition coefficient (Wildman–Crippen LogP) is 1.69. The van der Waals surface area contributed by atoms with Gasteiger partial charge >= 0.3 is 5.97 Å². The van der Waals surface area contributed by atoms with Crippen LogP contribution >= 0.6 is 15.9 Å². The molecule has 1 aromatic rings. The van der Waals surface area contributed by atoms with Crippen molar-refractivity contribution in [2.24, 2.45) is 0 Å². The molecule has 1 N–H and O–H groups in total. The van der Waals surface area contributed by atoms with E-state index in [-0.39, 0.29) is 11.8 Å². The number of hydrogen-bond acceptors (Lipinski definition) is 4. The molecule has 1 aromatic carbocycles. The maximum absolute atomic E-state index is 12.1. The molecule has 6 nitrogen and oxygen atoms in total. The molecule has 1 rings (SSSR count). The topological polar surface area (TPSA) is 91.8 Å². The van der Waals surface area contributed by atoms with Crippen LogP contribution in [0.4, 0.5) is 0 Å². The van der Waals surface area contributed by atoms with Crippen LogP contribution in [0.3, 0.4) is 0 Å². The van der Waals surface area contributed by atoms with Crippen molar-refractivity contribution in [3.8, 4) is 0 Å². The SMILES string of the molecule is CC(C)N(CC(=O)O)C(=O)CS(=O)(=O)Cc1cccc(Br)c1. The minimum Gasteiger partial charge on any atom is -0.480 e. The first-order chi connectivity index (χ1) is 10.1. The van der Waals surface area contributed by atoms with E-state index in [0.717, 1.165) is 9.37 Å². The number of carbonyl (C=O) groups is 2. The number of carboxylic acid groups (broad SMARTS) is 1. The molecule has 0 atom stereocenters. The molecule has 122 valence electrons. The highest BCUT2D eigenvalue weighted by molar-refractivity contribution is 9.10. The van der Waals surface area contributed by atoms with Gasteiger partial charge in [0, 0.05) is 10.5 Å². The van der Waals surface area contributed by atoms with Crippen LogP contribution in [-0.4, -0.2) is 48.6 Å². The van der Waals surface area contributed by atoms with Crippen LogP contribution < -0.4 is 0 Å². The van der Waals surface area contributed by atoms with Gasteiger partial charge < -0.3 is 10.0 Å². The first kappa shape index (κ1) is 18.6. The summed E-state index contributed by atoms with van der Waals surface area (Å²) in [5, 5.41) is 8.80. The van der Waals surface area contributed by atoms with E-state index in [2.05, 4.69) is 15.9 Å². The van der Waals surface area contributed by atoms with Gasteiger partial charge in [0.1, 0.15) is 12.3 Å². The second-order valence-corrected chi connectivity index (χ2v) is 8.15. The van der Waals surface area contributed by atoms with Crippen LogP contribution in [0.1, 0.15) is 19.4 Å². The Labute approximate surface area is 138 Å². The molecule has 0 heterocycles. The van der Waals surface area contributed by atoms with Gasteiger partial charge in [0.15, 0.2) is 9.84 Å². The van der Waals surface area contributed by atoms with Gasteiger partial charge in [-0.15, -0.1) is 0 Å². The van der Waals surface area contributed by atoms with Crippen molar-refractivity contribution in [3.63, 3.8) is 0 Å². The lowest BCUT2D eigenvalue weighted by Gasteiger charge is -2.24. The Hall–Kier alpha value is -1.41. The first-order valence-electron chi connectivity index (χ1n) is 6.57. The van der Waals surface area contributed by atoms with Crippen LogP contribution in [0.5, 0.6) is 0 Å². The molecule has 0 saturated heterocycles. The van der Waals surface area contributed by atoms with Gasteiger partial charge in [-0.25, -0.2) is 8.42 Å². The molecule has 0 fully saturated rings. The molecule has 0 aliphatic carbocycles. The summed E-state index contributed by atoms with van der Waals surface area (Å²) in [7, 11) is -3.67. The number of amides is 1. The van der Waals surface area contributed by atoms with Crippen LogP contribution in [0.25, 0.3) is 0 Å². The van der Waals surface area contributed by atoms with E-state index < -0.39 is 34.0 Å². The van der Waals surface area contributed by atoms with E-state index in [4.69, 9.17) is 5.11 Å². The Kier molecular flexibility index (Phi) is 6.55. The van der Waals surface area contributed by atoms with Crippen LogP contribution in [-0.2, 0) is 25.2 Å². The molecule has 22 heavy (non-hydrogen) atoms. The maximum atomic E-state index is 12.1. The molecule has 0 aliphatic heterocycles. The Morgan fingerprint density at radius 2 is 1.95 bits per heavy atom. The average molecular weight is 392 g/mol. The van der Waals surface area contributed by atoms with E-state index in [1.807, 2.05) is 0 Å². The molecular formula is C14H18BrNO5S. The van der Waals surface area contributed by atoms with Crippen LogP contribution in [0.15, 0.2) is 28.7 Å².